The molecule has 4 rings (SSSR count). The lowest BCUT2D eigenvalue weighted by Gasteiger charge is -2.49. The van der Waals surface area contributed by atoms with Gasteiger partial charge in [-0.3, -0.25) is 4.31 Å². The van der Waals surface area contributed by atoms with Crippen molar-refractivity contribution in [3.05, 3.63) is 42.1 Å². The predicted molar refractivity (Wildman–Crippen MR) is 95.3 cm³/mol. The smallest absolute Gasteiger partial charge is 0.264 e. The van der Waals surface area contributed by atoms with Gasteiger partial charge in [0.25, 0.3) is 10.0 Å². The molecule has 0 unspecified atom stereocenters. The van der Waals surface area contributed by atoms with E-state index < -0.39 is 10.0 Å². The monoisotopic (exact) mass is 361 g/mol. The third kappa shape index (κ3) is 2.03. The Bertz CT molecular complexity index is 889. The number of hydrogen-bond donors (Lipinski definition) is 0. The van der Waals surface area contributed by atoms with Gasteiger partial charge in [0, 0.05) is 17.7 Å². The maximum absolute atomic E-state index is 13.2. The Morgan fingerprint density at radius 3 is 2.60 bits per heavy atom. The van der Waals surface area contributed by atoms with E-state index in [-0.39, 0.29) is 11.5 Å². The summed E-state index contributed by atoms with van der Waals surface area (Å²) in [5, 5.41) is 0. The molecule has 6 heteroatoms. The van der Waals surface area contributed by atoms with Gasteiger partial charge in [0.1, 0.15) is 0 Å². The van der Waals surface area contributed by atoms with Gasteiger partial charge in [0.15, 0.2) is 11.5 Å². The van der Waals surface area contributed by atoms with Crippen LogP contribution in [0.1, 0.15) is 31.7 Å². The van der Waals surface area contributed by atoms with Gasteiger partial charge in [-0.1, -0.05) is 18.2 Å². The number of ether oxygens (including phenoxy) is 2. The van der Waals surface area contributed by atoms with Gasteiger partial charge in [0.05, 0.1) is 25.2 Å². The van der Waals surface area contributed by atoms with Gasteiger partial charge in [-0.15, -0.1) is 0 Å². The lowest BCUT2D eigenvalue weighted by Crippen LogP contribution is -2.53. The Hall–Kier alpha value is -1.95. The first-order valence-electron chi connectivity index (χ1n) is 8.50. The number of allylic oxidation sites excluding steroid dienone is 1. The fourth-order valence-electron chi connectivity index (χ4n) is 4.66. The summed E-state index contributed by atoms with van der Waals surface area (Å²) in [6, 6.07) is 3.37. The summed E-state index contributed by atoms with van der Waals surface area (Å²) in [4.78, 5) is 0.333. The van der Waals surface area contributed by atoms with Crippen molar-refractivity contribution in [3.8, 4) is 11.5 Å². The summed E-state index contributed by atoms with van der Waals surface area (Å²) in [6.07, 6.45) is 6.54. The Balaban J connectivity index is 1.94. The Morgan fingerprint density at radius 1 is 1.28 bits per heavy atom. The van der Waals surface area contributed by atoms with E-state index in [9.17, 15) is 8.42 Å². The van der Waals surface area contributed by atoms with Crippen molar-refractivity contribution in [2.24, 2.45) is 5.92 Å². The van der Waals surface area contributed by atoms with Crippen LogP contribution in [0.2, 0.25) is 0 Å². The molecule has 134 valence electrons. The van der Waals surface area contributed by atoms with Crippen LogP contribution in [0.3, 0.4) is 0 Å². The molecule has 2 heterocycles. The molecule has 1 saturated carbocycles. The van der Waals surface area contributed by atoms with Gasteiger partial charge in [-0.05, 0) is 43.7 Å². The highest BCUT2D eigenvalue weighted by Crippen LogP contribution is 2.57. The van der Waals surface area contributed by atoms with Crippen LogP contribution in [0.4, 0.5) is 0 Å². The van der Waals surface area contributed by atoms with E-state index >= 15 is 0 Å². The summed E-state index contributed by atoms with van der Waals surface area (Å²) in [5.41, 5.74) is 1.68. The van der Waals surface area contributed by atoms with Gasteiger partial charge in [0.2, 0.25) is 0 Å². The summed E-state index contributed by atoms with van der Waals surface area (Å²) in [6.45, 7) is 6.12. The third-order valence-electron chi connectivity index (χ3n) is 6.07. The van der Waals surface area contributed by atoms with Crippen LogP contribution in [0.5, 0.6) is 11.5 Å². The van der Waals surface area contributed by atoms with Gasteiger partial charge in [-0.2, -0.15) is 0 Å². The predicted octanol–water partition coefficient (Wildman–Crippen LogP) is 3.22. The fraction of sp³-hybridized carbons (Fsp3) is 0.474. The number of nitrogens with zero attached hydrogens (tertiary/aromatic N) is 1. The standard InChI is InChI=1S/C19H23NO4S/c1-12(2)13-5-6-19-7-8-20(18(19)9-13)25(21,22)17-11-16(24-4)15(23-3)10-14(17)19/h7-8,10-11,13,18H,1,5-6,9H2,2-4H3/t13-,18+,19+/m0/s1. The van der Waals surface area contributed by atoms with E-state index in [1.807, 2.05) is 13.0 Å². The minimum absolute atomic E-state index is 0.0847. The normalized spacial score (nSPS) is 31.2. The number of methoxy groups -OCH3 is 2. The highest BCUT2D eigenvalue weighted by Gasteiger charge is 2.57. The minimum Gasteiger partial charge on any atom is -0.493 e. The number of hydrogen-bond acceptors (Lipinski definition) is 4. The van der Waals surface area contributed by atoms with Crippen LogP contribution in [-0.2, 0) is 15.4 Å². The second-order valence-corrected chi connectivity index (χ2v) is 9.04. The zero-order valence-electron chi connectivity index (χ0n) is 14.8. The van der Waals surface area contributed by atoms with Gasteiger partial charge >= 0.3 is 0 Å². The molecule has 1 aromatic carbocycles. The average Bonchev–Trinajstić information content (AvgIpc) is 2.96. The Labute approximate surface area is 149 Å². The second-order valence-electron chi connectivity index (χ2n) is 7.23. The van der Waals surface area contributed by atoms with E-state index in [1.54, 1.807) is 23.7 Å². The van der Waals surface area contributed by atoms with Crippen LogP contribution in [0.15, 0.2) is 41.5 Å². The number of fused-ring (bicyclic) bond motifs is 1. The molecule has 0 radical (unpaired) electrons. The van der Waals surface area contributed by atoms with E-state index in [0.717, 1.165) is 30.4 Å². The Morgan fingerprint density at radius 2 is 1.96 bits per heavy atom. The molecule has 0 amide bonds. The Kier molecular flexibility index (Phi) is 3.48. The first kappa shape index (κ1) is 16.5. The molecule has 2 bridgehead atoms. The SMILES string of the molecule is C=C(C)[C@H]1CC[C@]23C=CN([C@@H]2C1)S(=O)(=O)c1cc(OC)c(OC)cc13. The van der Waals surface area contributed by atoms with Crippen LogP contribution in [0.25, 0.3) is 0 Å². The molecule has 1 aliphatic carbocycles. The van der Waals surface area contributed by atoms with Crippen LogP contribution in [0, 0.1) is 5.92 Å². The minimum atomic E-state index is -3.59. The van der Waals surface area contributed by atoms with Crippen LogP contribution in [-0.4, -0.2) is 33.0 Å². The number of rotatable bonds is 3. The van der Waals surface area contributed by atoms with Crippen molar-refractivity contribution < 1.29 is 17.9 Å². The van der Waals surface area contributed by atoms with Gasteiger partial charge < -0.3 is 9.47 Å². The zero-order valence-corrected chi connectivity index (χ0v) is 15.6. The largest absolute Gasteiger partial charge is 0.493 e. The molecule has 0 N–H and O–H groups in total. The van der Waals surface area contributed by atoms with E-state index in [2.05, 4.69) is 12.7 Å². The molecule has 0 saturated heterocycles. The fourth-order valence-corrected chi connectivity index (χ4v) is 6.50. The summed E-state index contributed by atoms with van der Waals surface area (Å²) in [5.74, 6) is 1.37. The van der Waals surface area contributed by atoms with Crippen molar-refractivity contribution in [3.63, 3.8) is 0 Å². The highest BCUT2D eigenvalue weighted by atomic mass is 32.2. The average molecular weight is 361 g/mol. The molecule has 5 nitrogen and oxygen atoms in total. The molecular formula is C19H23NO4S. The number of sulfonamides is 1. The molecular weight excluding hydrogens is 338 g/mol. The summed E-state index contributed by atoms with van der Waals surface area (Å²) in [7, 11) is -0.498. The lowest BCUT2D eigenvalue weighted by atomic mass is 9.63. The molecule has 3 atom stereocenters. The van der Waals surface area contributed by atoms with Crippen molar-refractivity contribution in [2.45, 2.75) is 42.5 Å². The van der Waals surface area contributed by atoms with Crippen LogP contribution < -0.4 is 9.47 Å². The van der Waals surface area contributed by atoms with E-state index in [0.29, 0.717) is 22.3 Å². The third-order valence-corrected chi connectivity index (χ3v) is 7.90. The highest BCUT2D eigenvalue weighted by molar-refractivity contribution is 7.89. The van der Waals surface area contributed by atoms with E-state index in [1.165, 1.54) is 7.11 Å². The van der Waals surface area contributed by atoms with Crippen molar-refractivity contribution in [1.29, 1.82) is 0 Å². The topological polar surface area (TPSA) is 55.8 Å². The van der Waals surface area contributed by atoms with Crippen molar-refractivity contribution >= 4 is 10.0 Å². The molecule has 0 aromatic heterocycles. The summed E-state index contributed by atoms with van der Waals surface area (Å²) >= 11 is 0. The molecule has 2 aliphatic heterocycles. The van der Waals surface area contributed by atoms with Crippen molar-refractivity contribution in [1.82, 2.24) is 4.31 Å². The first-order chi connectivity index (χ1) is 11.8. The molecule has 25 heavy (non-hydrogen) atoms. The van der Waals surface area contributed by atoms with Crippen molar-refractivity contribution in [2.75, 3.05) is 14.2 Å². The van der Waals surface area contributed by atoms with E-state index in [4.69, 9.17) is 9.47 Å². The number of benzene rings is 1. The second kappa shape index (κ2) is 5.27. The van der Waals surface area contributed by atoms with Crippen LogP contribution >= 0.6 is 0 Å². The maximum Gasteiger partial charge on any atom is 0.264 e. The summed E-state index contributed by atoms with van der Waals surface area (Å²) < 4.78 is 38.7. The molecule has 3 aliphatic rings. The molecule has 1 aromatic rings. The maximum atomic E-state index is 13.2. The lowest BCUT2D eigenvalue weighted by molar-refractivity contribution is 0.189. The quantitative estimate of drug-likeness (QED) is 0.776. The van der Waals surface area contributed by atoms with Gasteiger partial charge in [-0.25, -0.2) is 8.42 Å². The first-order valence-corrected chi connectivity index (χ1v) is 9.94. The zero-order chi connectivity index (χ0) is 18.0. The molecule has 0 spiro atoms. The molecule has 1 fully saturated rings.